The minimum Gasteiger partial charge on any atom is -0.476 e. The van der Waals surface area contributed by atoms with E-state index < -0.39 is 17.6 Å². The summed E-state index contributed by atoms with van der Waals surface area (Å²) in [7, 11) is 0. The predicted octanol–water partition coefficient (Wildman–Crippen LogP) is 1.85. The number of rotatable bonds is 2. The highest BCUT2D eigenvalue weighted by Gasteiger charge is 2.10. The van der Waals surface area contributed by atoms with E-state index >= 15 is 0 Å². The zero-order chi connectivity index (χ0) is 11.7. The van der Waals surface area contributed by atoms with E-state index in [0.717, 1.165) is 35.3 Å². The van der Waals surface area contributed by atoms with Crippen LogP contribution in [0.25, 0.3) is 5.69 Å². The summed E-state index contributed by atoms with van der Waals surface area (Å²) < 4.78 is 27.3. The van der Waals surface area contributed by atoms with Gasteiger partial charge in [0.05, 0.1) is 5.69 Å². The van der Waals surface area contributed by atoms with Crippen LogP contribution in [0, 0.1) is 11.6 Å². The average molecular weight is 224 g/mol. The molecule has 0 aliphatic rings. The van der Waals surface area contributed by atoms with E-state index in [0.29, 0.717) is 0 Å². The third-order valence-corrected chi connectivity index (χ3v) is 1.99. The Morgan fingerprint density at radius 2 is 2.12 bits per heavy atom. The second kappa shape index (κ2) is 3.73. The summed E-state index contributed by atoms with van der Waals surface area (Å²) in [4.78, 5) is 14.1. The molecule has 6 heteroatoms. The lowest BCUT2D eigenvalue weighted by Crippen LogP contribution is -1.97. The summed E-state index contributed by atoms with van der Waals surface area (Å²) in [6.45, 7) is 0. The van der Waals surface area contributed by atoms with E-state index in [4.69, 9.17) is 5.11 Å². The van der Waals surface area contributed by atoms with Crippen LogP contribution in [-0.2, 0) is 0 Å². The van der Waals surface area contributed by atoms with Crippen molar-refractivity contribution in [1.82, 2.24) is 9.55 Å². The van der Waals surface area contributed by atoms with E-state index in [9.17, 15) is 13.6 Å². The van der Waals surface area contributed by atoms with Crippen LogP contribution in [0.15, 0.2) is 30.7 Å². The number of carboxylic acids is 1. The molecule has 0 atom stereocenters. The molecule has 0 fully saturated rings. The van der Waals surface area contributed by atoms with Gasteiger partial charge in [-0.1, -0.05) is 0 Å². The number of carboxylic acid groups (broad SMARTS) is 1. The highest BCUT2D eigenvalue weighted by Crippen LogP contribution is 2.15. The maximum Gasteiger partial charge on any atom is 0.356 e. The van der Waals surface area contributed by atoms with E-state index in [1.807, 2.05) is 0 Å². The number of hydrogen-bond donors (Lipinski definition) is 1. The molecule has 2 rings (SSSR count). The third-order valence-electron chi connectivity index (χ3n) is 1.99. The SMILES string of the molecule is O=C(O)c1cn(-c2cc(F)ccc2F)cn1. The second-order valence-corrected chi connectivity index (χ2v) is 3.07. The van der Waals surface area contributed by atoms with Crippen LogP contribution in [0.2, 0.25) is 0 Å². The van der Waals surface area contributed by atoms with E-state index in [-0.39, 0.29) is 11.4 Å². The highest BCUT2D eigenvalue weighted by molar-refractivity contribution is 5.85. The largest absolute Gasteiger partial charge is 0.476 e. The molecule has 0 spiro atoms. The van der Waals surface area contributed by atoms with Gasteiger partial charge < -0.3 is 9.67 Å². The van der Waals surface area contributed by atoms with E-state index in [1.165, 1.54) is 0 Å². The van der Waals surface area contributed by atoms with Gasteiger partial charge >= 0.3 is 5.97 Å². The first-order valence-corrected chi connectivity index (χ1v) is 4.30. The molecule has 16 heavy (non-hydrogen) atoms. The first-order valence-electron chi connectivity index (χ1n) is 4.30. The molecule has 0 bridgehead atoms. The van der Waals surface area contributed by atoms with Gasteiger partial charge in [-0.2, -0.15) is 0 Å². The number of hydrogen-bond acceptors (Lipinski definition) is 2. The molecule has 0 radical (unpaired) electrons. The molecule has 4 nitrogen and oxygen atoms in total. The minimum atomic E-state index is -1.23. The van der Waals surface area contributed by atoms with Crippen LogP contribution in [0.4, 0.5) is 8.78 Å². The maximum atomic E-state index is 13.3. The van der Waals surface area contributed by atoms with Crippen molar-refractivity contribution in [2.75, 3.05) is 0 Å². The Bertz CT molecular complexity index is 552. The molecule has 0 amide bonds. The number of imidazole rings is 1. The van der Waals surface area contributed by atoms with Gasteiger partial charge in [0.1, 0.15) is 18.0 Å². The lowest BCUT2D eigenvalue weighted by molar-refractivity contribution is 0.0691. The lowest BCUT2D eigenvalue weighted by Gasteiger charge is -2.02. The summed E-state index contributed by atoms with van der Waals surface area (Å²) in [5.41, 5.74) is -0.316. The van der Waals surface area contributed by atoms with Gasteiger partial charge in [-0.3, -0.25) is 0 Å². The van der Waals surface area contributed by atoms with Crippen LogP contribution >= 0.6 is 0 Å². The van der Waals surface area contributed by atoms with Gasteiger partial charge in [0.15, 0.2) is 5.69 Å². The van der Waals surface area contributed by atoms with Crippen molar-refractivity contribution in [2.24, 2.45) is 0 Å². The second-order valence-electron chi connectivity index (χ2n) is 3.07. The van der Waals surface area contributed by atoms with Crippen molar-refractivity contribution < 1.29 is 18.7 Å². The summed E-state index contributed by atoms with van der Waals surface area (Å²) in [6, 6.07) is 2.90. The van der Waals surface area contributed by atoms with Crippen LogP contribution < -0.4 is 0 Å². The first kappa shape index (κ1) is 10.3. The number of benzene rings is 1. The van der Waals surface area contributed by atoms with Crippen molar-refractivity contribution in [3.63, 3.8) is 0 Å². The smallest absolute Gasteiger partial charge is 0.356 e. The van der Waals surface area contributed by atoms with Crippen LogP contribution in [0.5, 0.6) is 0 Å². The number of aromatic nitrogens is 2. The Hall–Kier alpha value is -2.24. The van der Waals surface area contributed by atoms with Gasteiger partial charge in [-0.15, -0.1) is 0 Å². The van der Waals surface area contributed by atoms with Crippen molar-refractivity contribution in [2.45, 2.75) is 0 Å². The number of nitrogens with zero attached hydrogens (tertiary/aromatic N) is 2. The Kier molecular flexibility index (Phi) is 2.40. The quantitative estimate of drug-likeness (QED) is 0.846. The molecule has 0 unspecified atom stereocenters. The van der Waals surface area contributed by atoms with E-state index in [1.54, 1.807) is 0 Å². The fourth-order valence-corrected chi connectivity index (χ4v) is 1.25. The van der Waals surface area contributed by atoms with Crippen LogP contribution in [0.3, 0.4) is 0 Å². The molecule has 82 valence electrons. The fraction of sp³-hybridized carbons (Fsp3) is 0. The summed E-state index contributed by atoms with van der Waals surface area (Å²) in [6.07, 6.45) is 2.22. The predicted molar refractivity (Wildman–Crippen MR) is 50.4 cm³/mol. The number of carbonyl (C=O) groups is 1. The molecule has 1 aromatic heterocycles. The average Bonchev–Trinajstić information content (AvgIpc) is 2.70. The van der Waals surface area contributed by atoms with Crippen LogP contribution in [-0.4, -0.2) is 20.6 Å². The Labute approximate surface area is 88.8 Å². The molecule has 1 heterocycles. The van der Waals surface area contributed by atoms with Gasteiger partial charge in [0.2, 0.25) is 0 Å². The zero-order valence-corrected chi connectivity index (χ0v) is 7.89. The van der Waals surface area contributed by atoms with Gasteiger partial charge in [0, 0.05) is 12.3 Å². The molecular weight excluding hydrogens is 218 g/mol. The maximum absolute atomic E-state index is 13.3. The van der Waals surface area contributed by atoms with Crippen molar-refractivity contribution in [1.29, 1.82) is 0 Å². The first-order chi connectivity index (χ1) is 7.58. The van der Waals surface area contributed by atoms with Crippen molar-refractivity contribution >= 4 is 5.97 Å². The number of halogens is 2. The molecule has 0 aliphatic heterocycles. The molecule has 1 aromatic carbocycles. The third kappa shape index (κ3) is 1.77. The molecule has 0 saturated carbocycles. The summed E-state index contributed by atoms with van der Waals surface area (Å²) in [5, 5.41) is 8.63. The van der Waals surface area contributed by atoms with E-state index in [2.05, 4.69) is 4.98 Å². The summed E-state index contributed by atoms with van der Waals surface area (Å²) >= 11 is 0. The van der Waals surface area contributed by atoms with Crippen molar-refractivity contribution in [3.8, 4) is 5.69 Å². The van der Waals surface area contributed by atoms with Crippen molar-refractivity contribution in [3.05, 3.63) is 48.1 Å². The molecule has 0 saturated heterocycles. The minimum absolute atomic E-state index is 0.0833. The molecular formula is C10H6F2N2O2. The van der Waals surface area contributed by atoms with Gasteiger partial charge in [0.25, 0.3) is 0 Å². The monoisotopic (exact) mass is 224 g/mol. The normalized spacial score (nSPS) is 10.4. The number of aromatic carboxylic acids is 1. The standard InChI is InChI=1S/C10H6F2N2O2/c11-6-1-2-7(12)9(3-6)14-4-8(10(15)16)13-5-14/h1-5H,(H,15,16). The van der Waals surface area contributed by atoms with Crippen LogP contribution in [0.1, 0.15) is 10.5 Å². The van der Waals surface area contributed by atoms with Gasteiger partial charge in [-0.25, -0.2) is 18.6 Å². The Morgan fingerprint density at radius 1 is 1.38 bits per heavy atom. The fourth-order valence-electron chi connectivity index (χ4n) is 1.25. The molecule has 2 aromatic rings. The highest BCUT2D eigenvalue weighted by atomic mass is 19.1. The lowest BCUT2D eigenvalue weighted by atomic mass is 10.3. The summed E-state index contributed by atoms with van der Waals surface area (Å²) in [5.74, 6) is -2.49. The topological polar surface area (TPSA) is 55.1 Å². The molecule has 0 aliphatic carbocycles. The van der Waals surface area contributed by atoms with Gasteiger partial charge in [-0.05, 0) is 12.1 Å². The Morgan fingerprint density at radius 3 is 2.75 bits per heavy atom. The Balaban J connectivity index is 2.50. The molecule has 1 N–H and O–H groups in total. The zero-order valence-electron chi connectivity index (χ0n) is 7.89.